The molecule has 2 unspecified atom stereocenters. The van der Waals surface area contributed by atoms with E-state index in [4.69, 9.17) is 0 Å². The largest absolute Gasteiger partial charge is 0.384 e. The molecule has 0 spiro atoms. The number of aryl methyl sites for hydroxylation is 1. The van der Waals surface area contributed by atoms with Gasteiger partial charge in [-0.3, -0.25) is 4.68 Å². The van der Waals surface area contributed by atoms with Crippen LogP contribution >= 0.6 is 0 Å². The number of aliphatic hydroxyl groups is 1. The first-order valence-corrected chi connectivity index (χ1v) is 5.94. The number of aromatic nitrogens is 2. The molecule has 0 radical (unpaired) electrons. The van der Waals surface area contributed by atoms with Crippen LogP contribution in [0.2, 0.25) is 0 Å². The van der Waals surface area contributed by atoms with Crippen LogP contribution < -0.4 is 5.32 Å². The summed E-state index contributed by atoms with van der Waals surface area (Å²) in [5.74, 6) is 0.810. The number of nitrogens with zero attached hydrogens (tertiary/aromatic N) is 2. The van der Waals surface area contributed by atoms with Gasteiger partial charge in [-0.15, -0.1) is 0 Å². The highest BCUT2D eigenvalue weighted by atomic mass is 16.3. The molecular weight excluding hydrogens is 202 g/mol. The third-order valence-electron chi connectivity index (χ3n) is 3.42. The van der Waals surface area contributed by atoms with Crippen molar-refractivity contribution in [1.82, 2.24) is 15.1 Å². The predicted molar refractivity (Wildman–Crippen MR) is 63.0 cm³/mol. The van der Waals surface area contributed by atoms with Crippen LogP contribution in [0, 0.1) is 5.92 Å². The van der Waals surface area contributed by atoms with Gasteiger partial charge in [0.15, 0.2) is 0 Å². The Labute approximate surface area is 96.7 Å². The molecule has 0 aliphatic heterocycles. The summed E-state index contributed by atoms with van der Waals surface area (Å²) in [6, 6.07) is 0.503. The van der Waals surface area contributed by atoms with E-state index in [1.807, 2.05) is 20.2 Å². The van der Waals surface area contributed by atoms with Gasteiger partial charge in [0.1, 0.15) is 5.60 Å². The highest BCUT2D eigenvalue weighted by Gasteiger charge is 2.30. The smallest absolute Gasteiger partial charge is 0.102 e. The lowest BCUT2D eigenvalue weighted by Crippen LogP contribution is -2.40. The second kappa shape index (κ2) is 4.18. The molecule has 4 heteroatoms. The van der Waals surface area contributed by atoms with Crippen molar-refractivity contribution in [3.05, 3.63) is 18.0 Å². The van der Waals surface area contributed by atoms with Gasteiger partial charge in [-0.25, -0.2) is 0 Å². The molecule has 1 aliphatic rings. The molecule has 1 fully saturated rings. The zero-order valence-electron chi connectivity index (χ0n) is 10.3. The molecule has 1 aliphatic carbocycles. The quantitative estimate of drug-likeness (QED) is 0.783. The maximum absolute atomic E-state index is 10.3. The Morgan fingerprint density at radius 1 is 1.69 bits per heavy atom. The lowest BCUT2D eigenvalue weighted by Gasteiger charge is -2.25. The lowest BCUT2D eigenvalue weighted by molar-refractivity contribution is 0.0535. The third-order valence-corrected chi connectivity index (χ3v) is 3.42. The average molecular weight is 223 g/mol. The maximum Gasteiger partial charge on any atom is 0.102 e. The van der Waals surface area contributed by atoms with Gasteiger partial charge >= 0.3 is 0 Å². The maximum atomic E-state index is 10.3. The highest BCUT2D eigenvalue weighted by molar-refractivity contribution is 5.14. The average Bonchev–Trinajstić information content (AvgIpc) is 2.98. The van der Waals surface area contributed by atoms with E-state index in [9.17, 15) is 5.11 Å². The normalized spacial score (nSPS) is 21.8. The van der Waals surface area contributed by atoms with Gasteiger partial charge in [0.05, 0.1) is 6.20 Å². The Hall–Kier alpha value is -0.870. The van der Waals surface area contributed by atoms with Crippen LogP contribution in [0.25, 0.3) is 0 Å². The molecule has 16 heavy (non-hydrogen) atoms. The van der Waals surface area contributed by atoms with Gasteiger partial charge in [-0.05, 0) is 32.6 Å². The molecule has 4 nitrogen and oxygen atoms in total. The Morgan fingerprint density at radius 2 is 2.38 bits per heavy atom. The van der Waals surface area contributed by atoms with E-state index in [1.54, 1.807) is 10.9 Å². The number of nitrogens with one attached hydrogen (secondary N) is 1. The van der Waals surface area contributed by atoms with Crippen molar-refractivity contribution in [3.63, 3.8) is 0 Å². The molecule has 2 rings (SSSR count). The summed E-state index contributed by atoms with van der Waals surface area (Å²) in [5, 5.41) is 17.8. The van der Waals surface area contributed by atoms with Crippen molar-refractivity contribution < 1.29 is 5.11 Å². The van der Waals surface area contributed by atoms with Crippen molar-refractivity contribution in [2.45, 2.75) is 38.3 Å². The molecule has 0 amide bonds. The topological polar surface area (TPSA) is 50.1 Å². The Kier molecular flexibility index (Phi) is 3.04. The second-order valence-corrected chi connectivity index (χ2v) is 5.18. The van der Waals surface area contributed by atoms with Crippen LogP contribution in [0.1, 0.15) is 32.3 Å². The molecule has 0 saturated heterocycles. The van der Waals surface area contributed by atoms with E-state index in [1.165, 1.54) is 12.8 Å². The van der Waals surface area contributed by atoms with Crippen LogP contribution in [-0.2, 0) is 12.6 Å². The van der Waals surface area contributed by atoms with E-state index < -0.39 is 5.60 Å². The second-order valence-electron chi connectivity index (χ2n) is 5.18. The zero-order valence-corrected chi connectivity index (χ0v) is 10.3. The van der Waals surface area contributed by atoms with Crippen LogP contribution in [-0.4, -0.2) is 27.5 Å². The van der Waals surface area contributed by atoms with Crippen LogP contribution in [0.15, 0.2) is 12.4 Å². The molecule has 1 aromatic rings. The number of rotatable bonds is 5. The molecule has 2 atom stereocenters. The minimum Gasteiger partial charge on any atom is -0.384 e. The van der Waals surface area contributed by atoms with E-state index in [-0.39, 0.29) is 0 Å². The predicted octanol–water partition coefficient (Wildman–Crippen LogP) is 1.02. The first kappa shape index (κ1) is 11.6. The van der Waals surface area contributed by atoms with Gasteiger partial charge in [0.25, 0.3) is 0 Å². The van der Waals surface area contributed by atoms with Gasteiger partial charge in [0.2, 0.25) is 0 Å². The molecule has 1 saturated carbocycles. The van der Waals surface area contributed by atoms with Crippen molar-refractivity contribution in [3.8, 4) is 0 Å². The van der Waals surface area contributed by atoms with Crippen molar-refractivity contribution in [1.29, 1.82) is 0 Å². The fourth-order valence-corrected chi connectivity index (χ4v) is 1.92. The first-order valence-electron chi connectivity index (χ1n) is 5.94. The summed E-state index contributed by atoms with van der Waals surface area (Å²) in [6.45, 7) is 4.60. The Bertz CT molecular complexity index is 355. The standard InChI is InChI=1S/C12H21N3O/c1-9(10-4-5-10)13-8-12(2,16)11-6-14-15(3)7-11/h6-7,9-10,13,16H,4-5,8H2,1-3H3. The fraction of sp³-hybridized carbons (Fsp3) is 0.750. The molecule has 0 aromatic carbocycles. The highest BCUT2D eigenvalue weighted by Crippen LogP contribution is 2.32. The van der Waals surface area contributed by atoms with Gasteiger partial charge < -0.3 is 10.4 Å². The van der Waals surface area contributed by atoms with Crippen molar-refractivity contribution in [2.75, 3.05) is 6.54 Å². The van der Waals surface area contributed by atoms with E-state index in [2.05, 4.69) is 17.3 Å². The summed E-state index contributed by atoms with van der Waals surface area (Å²) in [7, 11) is 1.86. The van der Waals surface area contributed by atoms with Gasteiger partial charge in [-0.2, -0.15) is 5.10 Å². The Morgan fingerprint density at radius 3 is 2.88 bits per heavy atom. The molecule has 90 valence electrons. The molecule has 1 aromatic heterocycles. The van der Waals surface area contributed by atoms with E-state index in [0.29, 0.717) is 12.6 Å². The summed E-state index contributed by atoms with van der Waals surface area (Å²) in [6.07, 6.45) is 6.24. The summed E-state index contributed by atoms with van der Waals surface area (Å²) >= 11 is 0. The summed E-state index contributed by atoms with van der Waals surface area (Å²) in [5.41, 5.74) is 0.0303. The van der Waals surface area contributed by atoms with E-state index in [0.717, 1.165) is 11.5 Å². The molecule has 1 heterocycles. The molecule has 0 bridgehead atoms. The van der Waals surface area contributed by atoms with Crippen molar-refractivity contribution >= 4 is 0 Å². The minimum atomic E-state index is -0.836. The van der Waals surface area contributed by atoms with E-state index >= 15 is 0 Å². The number of hydrogen-bond acceptors (Lipinski definition) is 3. The Balaban J connectivity index is 1.91. The van der Waals surface area contributed by atoms with Crippen LogP contribution in [0.3, 0.4) is 0 Å². The summed E-state index contributed by atoms with van der Waals surface area (Å²) in [4.78, 5) is 0. The van der Waals surface area contributed by atoms with Gasteiger partial charge in [-0.1, -0.05) is 0 Å². The SMILES string of the molecule is CC(NCC(C)(O)c1cnn(C)c1)C1CC1. The zero-order chi connectivity index (χ0) is 11.8. The summed E-state index contributed by atoms with van der Waals surface area (Å²) < 4.78 is 1.72. The van der Waals surface area contributed by atoms with Gasteiger partial charge in [0, 0.05) is 31.4 Å². The van der Waals surface area contributed by atoms with Crippen LogP contribution in [0.4, 0.5) is 0 Å². The van der Waals surface area contributed by atoms with Crippen LogP contribution in [0.5, 0.6) is 0 Å². The first-order chi connectivity index (χ1) is 7.49. The monoisotopic (exact) mass is 223 g/mol. The fourth-order valence-electron chi connectivity index (χ4n) is 1.92. The molecule has 2 N–H and O–H groups in total. The lowest BCUT2D eigenvalue weighted by atomic mass is 9.99. The van der Waals surface area contributed by atoms with Crippen molar-refractivity contribution in [2.24, 2.45) is 13.0 Å². The third kappa shape index (κ3) is 2.62. The molecular formula is C12H21N3O. The minimum absolute atomic E-state index is 0.503. The number of hydrogen-bond donors (Lipinski definition) is 2.